The minimum atomic E-state index is -0.413. The smallest absolute Gasteiger partial charge is 0.239 e. The molecule has 0 aromatic carbocycles. The first-order valence-corrected chi connectivity index (χ1v) is 5.53. The van der Waals surface area contributed by atoms with Crippen molar-refractivity contribution < 1.29 is 9.90 Å². The number of nitrogens with two attached hydrogens (primary N) is 1. The van der Waals surface area contributed by atoms with E-state index in [0.717, 1.165) is 0 Å². The van der Waals surface area contributed by atoms with E-state index in [2.05, 4.69) is 0 Å². The standard InChI is InChI=1S/C11H24N2O2.ClH/c1-8(2)7-10(12)11(15)13(4)6-5-9(3)14;/h8-10,14H,5-7,12H2,1-4H3;1H/t9?,10-;/m0./s1. The third-order valence-electron chi connectivity index (χ3n) is 2.30. The molecule has 0 aliphatic rings. The SMILES string of the molecule is CC(C)C[C@H](N)C(=O)N(C)CCC(C)O.Cl. The topological polar surface area (TPSA) is 66.6 Å². The van der Waals surface area contributed by atoms with E-state index in [4.69, 9.17) is 10.8 Å². The number of hydrogen-bond acceptors (Lipinski definition) is 3. The molecule has 0 spiro atoms. The van der Waals surface area contributed by atoms with Gasteiger partial charge in [-0.3, -0.25) is 4.79 Å². The number of aliphatic hydroxyl groups excluding tert-OH is 1. The molecule has 0 fully saturated rings. The highest BCUT2D eigenvalue weighted by molar-refractivity contribution is 5.85. The minimum Gasteiger partial charge on any atom is -0.393 e. The summed E-state index contributed by atoms with van der Waals surface area (Å²) in [7, 11) is 1.73. The van der Waals surface area contributed by atoms with E-state index < -0.39 is 6.04 Å². The van der Waals surface area contributed by atoms with E-state index in [0.29, 0.717) is 25.3 Å². The highest BCUT2D eigenvalue weighted by Gasteiger charge is 2.18. The highest BCUT2D eigenvalue weighted by atomic mass is 35.5. The number of amides is 1. The summed E-state index contributed by atoms with van der Waals surface area (Å²) in [6, 6.07) is -0.413. The molecule has 0 heterocycles. The van der Waals surface area contributed by atoms with E-state index in [1.807, 2.05) is 13.8 Å². The molecule has 3 N–H and O–H groups in total. The fourth-order valence-corrected chi connectivity index (χ4v) is 1.38. The van der Waals surface area contributed by atoms with Gasteiger partial charge >= 0.3 is 0 Å². The van der Waals surface area contributed by atoms with Gasteiger partial charge in [-0.1, -0.05) is 13.8 Å². The van der Waals surface area contributed by atoms with Crippen LogP contribution in [0.4, 0.5) is 0 Å². The van der Waals surface area contributed by atoms with Crippen molar-refractivity contribution in [3.8, 4) is 0 Å². The lowest BCUT2D eigenvalue weighted by Gasteiger charge is -2.22. The summed E-state index contributed by atoms with van der Waals surface area (Å²) in [5.74, 6) is 0.387. The van der Waals surface area contributed by atoms with Crippen molar-refractivity contribution >= 4 is 18.3 Å². The number of carbonyl (C=O) groups excluding carboxylic acids is 1. The molecule has 0 saturated carbocycles. The Hall–Kier alpha value is -0.320. The van der Waals surface area contributed by atoms with Gasteiger partial charge in [0.2, 0.25) is 5.91 Å². The van der Waals surface area contributed by atoms with Crippen LogP contribution in [0.3, 0.4) is 0 Å². The van der Waals surface area contributed by atoms with Crippen LogP contribution in [0.1, 0.15) is 33.6 Å². The van der Waals surface area contributed by atoms with Crippen molar-refractivity contribution in [2.75, 3.05) is 13.6 Å². The predicted molar refractivity (Wildman–Crippen MR) is 68.6 cm³/mol. The summed E-state index contributed by atoms with van der Waals surface area (Å²) in [5, 5.41) is 9.10. The van der Waals surface area contributed by atoms with Crippen molar-refractivity contribution in [1.29, 1.82) is 0 Å². The molecular weight excluding hydrogens is 228 g/mol. The van der Waals surface area contributed by atoms with Gasteiger partial charge in [0.05, 0.1) is 12.1 Å². The lowest BCUT2D eigenvalue weighted by molar-refractivity contribution is -0.131. The van der Waals surface area contributed by atoms with Gasteiger partial charge in [0, 0.05) is 13.6 Å². The first-order valence-electron chi connectivity index (χ1n) is 5.53. The number of likely N-dealkylation sites (N-methyl/N-ethyl adjacent to an activating group) is 1. The zero-order chi connectivity index (χ0) is 12.0. The molecule has 0 aliphatic heterocycles. The van der Waals surface area contributed by atoms with Crippen LogP contribution in [0.2, 0.25) is 0 Å². The van der Waals surface area contributed by atoms with Gasteiger partial charge in [-0.15, -0.1) is 12.4 Å². The van der Waals surface area contributed by atoms with Crippen LogP contribution >= 0.6 is 12.4 Å². The van der Waals surface area contributed by atoms with Crippen LogP contribution in [-0.4, -0.2) is 41.7 Å². The van der Waals surface area contributed by atoms with Gasteiger partial charge in [-0.05, 0) is 25.7 Å². The first-order chi connectivity index (χ1) is 6.84. The van der Waals surface area contributed by atoms with E-state index in [1.165, 1.54) is 0 Å². The molecule has 0 rings (SSSR count). The summed E-state index contributed by atoms with van der Waals surface area (Å²) in [6.45, 7) is 6.36. The zero-order valence-corrected chi connectivity index (χ0v) is 11.5. The van der Waals surface area contributed by atoms with Crippen LogP contribution in [0.15, 0.2) is 0 Å². The van der Waals surface area contributed by atoms with Crippen molar-refractivity contribution in [1.82, 2.24) is 4.90 Å². The predicted octanol–water partition coefficient (Wildman–Crippen LogP) is 1.01. The summed E-state index contributed by atoms with van der Waals surface area (Å²) in [4.78, 5) is 13.3. The van der Waals surface area contributed by atoms with E-state index in [9.17, 15) is 4.79 Å². The third-order valence-corrected chi connectivity index (χ3v) is 2.30. The number of carbonyl (C=O) groups is 1. The maximum atomic E-state index is 11.7. The van der Waals surface area contributed by atoms with E-state index >= 15 is 0 Å². The van der Waals surface area contributed by atoms with Gasteiger partial charge in [0.15, 0.2) is 0 Å². The average Bonchev–Trinajstić information content (AvgIpc) is 2.11. The molecule has 2 atom stereocenters. The summed E-state index contributed by atoms with van der Waals surface area (Å²) >= 11 is 0. The Balaban J connectivity index is 0. The summed E-state index contributed by atoms with van der Waals surface area (Å²) in [5.41, 5.74) is 5.77. The summed E-state index contributed by atoms with van der Waals surface area (Å²) in [6.07, 6.45) is 0.927. The van der Waals surface area contributed by atoms with Crippen molar-refractivity contribution in [2.45, 2.75) is 45.8 Å². The number of halogens is 1. The molecule has 0 bridgehead atoms. The molecule has 98 valence electrons. The number of hydrogen-bond donors (Lipinski definition) is 2. The molecule has 1 amide bonds. The van der Waals surface area contributed by atoms with Crippen LogP contribution in [0.25, 0.3) is 0 Å². The average molecular weight is 253 g/mol. The van der Waals surface area contributed by atoms with Gasteiger partial charge in [-0.25, -0.2) is 0 Å². The molecule has 0 aromatic rings. The maximum Gasteiger partial charge on any atom is 0.239 e. The van der Waals surface area contributed by atoms with Gasteiger partial charge in [-0.2, -0.15) is 0 Å². The highest BCUT2D eigenvalue weighted by Crippen LogP contribution is 2.05. The lowest BCUT2D eigenvalue weighted by Crippen LogP contribution is -2.43. The first kappa shape index (κ1) is 18.1. The Labute approximate surface area is 105 Å². The molecule has 0 saturated heterocycles. The second-order valence-electron chi connectivity index (χ2n) is 4.63. The molecule has 5 heteroatoms. The van der Waals surface area contributed by atoms with E-state index in [1.54, 1.807) is 18.9 Å². The number of aliphatic hydroxyl groups is 1. The maximum absolute atomic E-state index is 11.7. The number of rotatable bonds is 6. The number of nitrogens with zero attached hydrogens (tertiary/aromatic N) is 1. The Morgan fingerprint density at radius 1 is 1.38 bits per heavy atom. The Bertz CT molecular complexity index is 198. The second kappa shape index (κ2) is 8.79. The van der Waals surface area contributed by atoms with Crippen molar-refractivity contribution in [3.05, 3.63) is 0 Å². The molecule has 16 heavy (non-hydrogen) atoms. The minimum absolute atomic E-state index is 0. The van der Waals surface area contributed by atoms with Gasteiger partial charge < -0.3 is 15.7 Å². The Morgan fingerprint density at radius 3 is 2.25 bits per heavy atom. The van der Waals surface area contributed by atoms with Crippen LogP contribution in [0, 0.1) is 5.92 Å². The quantitative estimate of drug-likeness (QED) is 0.742. The third kappa shape index (κ3) is 7.91. The zero-order valence-electron chi connectivity index (χ0n) is 10.6. The molecule has 1 unspecified atom stereocenters. The Kier molecular flexibility index (Phi) is 9.92. The largest absolute Gasteiger partial charge is 0.393 e. The van der Waals surface area contributed by atoms with Crippen LogP contribution in [0.5, 0.6) is 0 Å². The van der Waals surface area contributed by atoms with Crippen molar-refractivity contribution in [2.24, 2.45) is 11.7 Å². The summed E-state index contributed by atoms with van der Waals surface area (Å²) < 4.78 is 0. The van der Waals surface area contributed by atoms with Crippen molar-refractivity contribution in [3.63, 3.8) is 0 Å². The van der Waals surface area contributed by atoms with E-state index in [-0.39, 0.29) is 24.4 Å². The van der Waals surface area contributed by atoms with Gasteiger partial charge in [0.1, 0.15) is 0 Å². The van der Waals surface area contributed by atoms with Crippen LogP contribution in [-0.2, 0) is 4.79 Å². The molecule has 4 nitrogen and oxygen atoms in total. The normalized spacial score (nSPS) is 14.2. The second-order valence-corrected chi connectivity index (χ2v) is 4.63. The molecular formula is C11H25ClN2O2. The molecule has 0 aromatic heterocycles. The monoisotopic (exact) mass is 252 g/mol. The van der Waals surface area contributed by atoms with Crippen LogP contribution < -0.4 is 5.73 Å². The fourth-order valence-electron chi connectivity index (χ4n) is 1.38. The molecule has 0 aliphatic carbocycles. The Morgan fingerprint density at radius 2 is 1.88 bits per heavy atom. The molecule has 0 radical (unpaired) electrons. The fraction of sp³-hybridized carbons (Fsp3) is 0.909. The lowest BCUT2D eigenvalue weighted by atomic mass is 10.0. The van der Waals surface area contributed by atoms with Gasteiger partial charge in [0.25, 0.3) is 0 Å².